The summed E-state index contributed by atoms with van der Waals surface area (Å²) in [4.78, 5) is 11.6. The van der Waals surface area contributed by atoms with Crippen LogP contribution in [0.2, 0.25) is 0 Å². The topological polar surface area (TPSA) is 60.2 Å². The van der Waals surface area contributed by atoms with Gasteiger partial charge < -0.3 is 9.47 Å². The summed E-state index contributed by atoms with van der Waals surface area (Å²) in [6.07, 6.45) is -3.65. The molecule has 0 aromatic heterocycles. The lowest BCUT2D eigenvalue weighted by Crippen LogP contribution is -2.69. The molecule has 0 heterocycles. The van der Waals surface area contributed by atoms with Gasteiger partial charge in [0.05, 0.1) is 24.6 Å². The van der Waals surface area contributed by atoms with E-state index in [0.29, 0.717) is 43.8 Å². The summed E-state index contributed by atoms with van der Waals surface area (Å²) in [5.41, 5.74) is -2.31. The highest BCUT2D eigenvalue weighted by Gasteiger charge is 2.90. The van der Waals surface area contributed by atoms with Gasteiger partial charge in [-0.15, -0.1) is 6.58 Å². The fourth-order valence-electron chi connectivity index (χ4n) is 3.52. The highest BCUT2D eigenvalue weighted by atomic mass is 19.4. The van der Waals surface area contributed by atoms with E-state index in [1.807, 2.05) is 6.92 Å². The molecule has 0 aliphatic rings. The molecule has 5 nitrogen and oxygen atoms in total. The normalized spacial score (nSPS) is 14.3. The molecule has 1 atom stereocenters. The minimum atomic E-state index is -7.97. The molecule has 0 bridgehead atoms. The Kier molecular flexibility index (Phi) is 12.5. The standard InChI is InChI=1S/C29H27F13N2O3/c1-3-18(2)17-47-23(45)7-5-4-6-16-46-22-14-12-21(13-15-22)44-43-20-10-8-19(9-11-20)24(30,31)25(32,33)26(34,35)27(36,37)28(38,39)29(40,41)42/h3,8-15,18H,1,4-7,16-17H2,2H3. The van der Waals surface area contributed by atoms with Gasteiger partial charge in [-0.1, -0.05) is 25.1 Å². The molecule has 2 rings (SSSR count). The molecule has 0 amide bonds. The Balaban J connectivity index is 1.98. The van der Waals surface area contributed by atoms with Crippen LogP contribution in [0.5, 0.6) is 5.75 Å². The average Bonchev–Trinajstić information content (AvgIpc) is 3.00. The predicted octanol–water partition coefficient (Wildman–Crippen LogP) is 10.6. The van der Waals surface area contributed by atoms with E-state index in [9.17, 15) is 61.9 Å². The van der Waals surface area contributed by atoms with E-state index in [4.69, 9.17) is 9.47 Å². The Hall–Kier alpha value is -3.86. The van der Waals surface area contributed by atoms with E-state index in [2.05, 4.69) is 16.8 Å². The van der Waals surface area contributed by atoms with Gasteiger partial charge in [0, 0.05) is 17.9 Å². The number of unbranched alkanes of at least 4 members (excludes halogenated alkanes) is 2. The van der Waals surface area contributed by atoms with Gasteiger partial charge >= 0.3 is 41.8 Å². The van der Waals surface area contributed by atoms with E-state index in [-0.39, 0.29) is 48.4 Å². The van der Waals surface area contributed by atoms with Crippen LogP contribution in [0.1, 0.15) is 38.2 Å². The van der Waals surface area contributed by atoms with Crippen molar-refractivity contribution in [2.45, 2.75) is 68.4 Å². The zero-order valence-corrected chi connectivity index (χ0v) is 24.3. The fraction of sp³-hybridized carbons (Fsp3) is 0.483. The summed E-state index contributed by atoms with van der Waals surface area (Å²) in [5, 5.41) is 7.32. The van der Waals surface area contributed by atoms with Crippen molar-refractivity contribution in [2.75, 3.05) is 13.2 Å². The Morgan fingerprint density at radius 2 is 1.21 bits per heavy atom. The van der Waals surface area contributed by atoms with Crippen LogP contribution >= 0.6 is 0 Å². The second kappa shape index (κ2) is 14.9. The molecule has 0 aliphatic carbocycles. The first-order valence-corrected chi connectivity index (χ1v) is 13.5. The molecule has 2 aromatic carbocycles. The lowest BCUT2D eigenvalue weighted by molar-refractivity contribution is -0.441. The molecule has 0 spiro atoms. The highest BCUT2D eigenvalue weighted by Crippen LogP contribution is 2.62. The quantitative estimate of drug-likeness (QED) is 0.0543. The van der Waals surface area contributed by atoms with Crippen LogP contribution < -0.4 is 4.74 Å². The second-order valence-corrected chi connectivity index (χ2v) is 10.2. The fourth-order valence-corrected chi connectivity index (χ4v) is 3.52. The van der Waals surface area contributed by atoms with Crippen molar-refractivity contribution >= 4 is 17.3 Å². The maximum atomic E-state index is 14.3. The number of rotatable bonds is 17. The number of azo groups is 1. The minimum absolute atomic E-state index is 0.00163. The summed E-state index contributed by atoms with van der Waals surface area (Å²) < 4.78 is 185. The number of nitrogens with zero attached hydrogens (tertiary/aromatic N) is 2. The van der Waals surface area contributed by atoms with Gasteiger partial charge in [0.25, 0.3) is 0 Å². The first-order valence-electron chi connectivity index (χ1n) is 13.5. The van der Waals surface area contributed by atoms with E-state index >= 15 is 0 Å². The number of carbonyl (C=O) groups excluding carboxylic acids is 1. The number of esters is 1. The van der Waals surface area contributed by atoms with Crippen LogP contribution in [0.25, 0.3) is 0 Å². The minimum Gasteiger partial charge on any atom is -0.494 e. The lowest BCUT2D eigenvalue weighted by atomic mass is 9.90. The molecule has 1 unspecified atom stereocenters. The zero-order chi connectivity index (χ0) is 35.9. The third-order valence-electron chi connectivity index (χ3n) is 6.48. The van der Waals surface area contributed by atoms with Crippen molar-refractivity contribution in [2.24, 2.45) is 16.1 Å². The summed E-state index contributed by atoms with van der Waals surface area (Å²) >= 11 is 0. The van der Waals surface area contributed by atoms with Crippen molar-refractivity contribution in [3.8, 4) is 5.75 Å². The number of hydrogen-bond acceptors (Lipinski definition) is 5. The van der Waals surface area contributed by atoms with Crippen LogP contribution in [-0.2, 0) is 15.5 Å². The summed E-state index contributed by atoms with van der Waals surface area (Å²) in [7, 11) is 0. The first-order chi connectivity index (χ1) is 21.5. The summed E-state index contributed by atoms with van der Waals surface area (Å²) in [5.74, 6) is -37.3. The van der Waals surface area contributed by atoms with Gasteiger partial charge in [-0.2, -0.15) is 67.3 Å². The maximum Gasteiger partial charge on any atom is 0.460 e. The maximum absolute atomic E-state index is 14.3. The summed E-state index contributed by atoms with van der Waals surface area (Å²) in [6.45, 7) is 6.03. The molecular weight excluding hydrogens is 671 g/mol. The number of ether oxygens (including phenoxy) is 2. The van der Waals surface area contributed by atoms with E-state index in [1.54, 1.807) is 6.08 Å². The van der Waals surface area contributed by atoms with Gasteiger partial charge in [-0.05, 0) is 55.7 Å². The number of alkyl halides is 13. The van der Waals surface area contributed by atoms with E-state index in [0.717, 1.165) is 0 Å². The molecule has 0 aliphatic heterocycles. The van der Waals surface area contributed by atoms with E-state index in [1.165, 1.54) is 24.3 Å². The van der Waals surface area contributed by atoms with E-state index < -0.39 is 41.4 Å². The molecule has 0 fully saturated rings. The monoisotopic (exact) mass is 698 g/mol. The Labute approximate surface area is 259 Å². The van der Waals surface area contributed by atoms with Crippen LogP contribution in [0, 0.1) is 5.92 Å². The third-order valence-corrected chi connectivity index (χ3v) is 6.48. The van der Waals surface area contributed by atoms with Crippen molar-refractivity contribution in [1.82, 2.24) is 0 Å². The molecule has 262 valence electrons. The summed E-state index contributed by atoms with van der Waals surface area (Å²) in [6, 6.07) is 6.78. The van der Waals surface area contributed by atoms with Gasteiger partial charge in [-0.25, -0.2) is 0 Å². The number of benzene rings is 2. The SMILES string of the molecule is C=CC(C)COC(=O)CCCCCOc1ccc(N=Nc2ccc(C(F)(F)C(F)(F)C(F)(F)C(F)(F)C(F)(F)C(F)(F)F)cc2)cc1. The predicted molar refractivity (Wildman–Crippen MR) is 141 cm³/mol. The van der Waals surface area contributed by atoms with Crippen molar-refractivity contribution in [1.29, 1.82) is 0 Å². The number of carbonyl (C=O) groups is 1. The van der Waals surface area contributed by atoms with Crippen molar-refractivity contribution in [3.05, 3.63) is 66.7 Å². The lowest BCUT2D eigenvalue weighted by Gasteiger charge is -2.39. The van der Waals surface area contributed by atoms with Crippen LogP contribution in [0.3, 0.4) is 0 Å². The molecular formula is C29H27F13N2O3. The largest absolute Gasteiger partial charge is 0.494 e. The smallest absolute Gasteiger partial charge is 0.460 e. The Bertz CT molecular complexity index is 1360. The van der Waals surface area contributed by atoms with Gasteiger partial charge in [0.2, 0.25) is 0 Å². The molecule has 0 N–H and O–H groups in total. The van der Waals surface area contributed by atoms with Crippen molar-refractivity contribution < 1.29 is 71.3 Å². The number of hydrogen-bond donors (Lipinski definition) is 0. The average molecular weight is 699 g/mol. The van der Waals surface area contributed by atoms with Gasteiger partial charge in [-0.3, -0.25) is 4.79 Å². The molecule has 0 saturated heterocycles. The number of halogens is 13. The third kappa shape index (κ3) is 8.74. The van der Waals surface area contributed by atoms with Crippen LogP contribution in [0.4, 0.5) is 68.5 Å². The molecule has 47 heavy (non-hydrogen) atoms. The molecule has 2 aromatic rings. The Morgan fingerprint density at radius 1 is 0.723 bits per heavy atom. The highest BCUT2D eigenvalue weighted by molar-refractivity contribution is 5.69. The second-order valence-electron chi connectivity index (χ2n) is 10.2. The zero-order valence-electron chi connectivity index (χ0n) is 24.3. The molecule has 0 saturated carbocycles. The molecule has 18 heteroatoms. The van der Waals surface area contributed by atoms with Crippen LogP contribution in [0.15, 0.2) is 71.4 Å². The van der Waals surface area contributed by atoms with Crippen molar-refractivity contribution in [3.63, 3.8) is 0 Å². The Morgan fingerprint density at radius 3 is 1.70 bits per heavy atom. The molecule has 0 radical (unpaired) electrons. The van der Waals surface area contributed by atoms with Gasteiger partial charge in [0.15, 0.2) is 0 Å². The first kappa shape index (κ1) is 39.3. The van der Waals surface area contributed by atoms with Crippen LogP contribution in [-0.4, -0.2) is 49.0 Å². The van der Waals surface area contributed by atoms with Gasteiger partial charge in [0.1, 0.15) is 5.75 Å².